The maximum absolute atomic E-state index is 12.5. The van der Waals surface area contributed by atoms with Crippen LogP contribution >= 0.6 is 0 Å². The van der Waals surface area contributed by atoms with Crippen molar-refractivity contribution in [3.63, 3.8) is 0 Å². The van der Waals surface area contributed by atoms with Crippen LogP contribution in [0.3, 0.4) is 0 Å². The summed E-state index contributed by atoms with van der Waals surface area (Å²) in [6.07, 6.45) is 4.16. The van der Waals surface area contributed by atoms with Gasteiger partial charge >= 0.3 is 5.97 Å². The largest absolute Gasteiger partial charge is 0.497 e. The lowest BCUT2D eigenvalue weighted by Gasteiger charge is -2.36. The minimum Gasteiger partial charge on any atom is -0.497 e. The number of aliphatic hydroxyl groups excluding tert-OH is 1. The molecule has 4 atom stereocenters. The predicted octanol–water partition coefficient (Wildman–Crippen LogP) is 1.94. The van der Waals surface area contributed by atoms with E-state index in [1.54, 1.807) is 31.4 Å². The van der Waals surface area contributed by atoms with Crippen molar-refractivity contribution in [2.45, 2.75) is 49.8 Å². The smallest absolute Gasteiger partial charge is 0.316 e. The Labute approximate surface area is 137 Å². The fourth-order valence-electron chi connectivity index (χ4n) is 3.86. The van der Waals surface area contributed by atoms with Gasteiger partial charge in [0.05, 0.1) is 13.7 Å². The van der Waals surface area contributed by atoms with Crippen molar-refractivity contribution in [1.82, 2.24) is 4.90 Å². The first kappa shape index (κ1) is 16.3. The van der Waals surface area contributed by atoms with Gasteiger partial charge in [-0.3, -0.25) is 4.79 Å². The molecule has 1 aromatic carbocycles. The van der Waals surface area contributed by atoms with E-state index in [2.05, 4.69) is 11.9 Å². The standard InChI is InChI=1S/C18H25NO4/c1-19-13-5-6-14(19)10-16(9-13)23-18(21)17(11-20)12-3-7-15(22-2)8-4-12/h3-4,7-8,13-14,16-17,20H,5-6,9-11H2,1-2H3/t13-,14+,16?,17?. The molecule has 3 rings (SSSR count). The van der Waals surface area contributed by atoms with Crippen LogP contribution in [0.1, 0.15) is 37.2 Å². The number of benzene rings is 1. The minimum absolute atomic E-state index is 0.0245. The van der Waals surface area contributed by atoms with E-state index < -0.39 is 5.92 Å². The monoisotopic (exact) mass is 319 g/mol. The summed E-state index contributed by atoms with van der Waals surface area (Å²) >= 11 is 0. The van der Waals surface area contributed by atoms with E-state index in [1.807, 2.05) is 0 Å². The first-order valence-corrected chi connectivity index (χ1v) is 8.29. The molecule has 126 valence electrons. The van der Waals surface area contributed by atoms with Crippen molar-refractivity contribution >= 4 is 5.97 Å². The molecule has 0 radical (unpaired) electrons. The Balaban J connectivity index is 1.63. The molecule has 0 aromatic heterocycles. The van der Waals surface area contributed by atoms with E-state index in [-0.39, 0.29) is 18.7 Å². The third kappa shape index (κ3) is 3.35. The van der Waals surface area contributed by atoms with Gasteiger partial charge in [-0.2, -0.15) is 0 Å². The summed E-state index contributed by atoms with van der Waals surface area (Å²) in [7, 11) is 3.76. The number of rotatable bonds is 5. The highest BCUT2D eigenvalue weighted by Crippen LogP contribution is 2.36. The zero-order valence-electron chi connectivity index (χ0n) is 13.8. The molecular formula is C18H25NO4. The van der Waals surface area contributed by atoms with Gasteiger partial charge in [0.1, 0.15) is 17.8 Å². The van der Waals surface area contributed by atoms with E-state index in [0.29, 0.717) is 12.1 Å². The van der Waals surface area contributed by atoms with Crippen molar-refractivity contribution in [2.75, 3.05) is 20.8 Å². The van der Waals surface area contributed by atoms with E-state index in [1.165, 1.54) is 12.8 Å². The van der Waals surface area contributed by atoms with Gasteiger partial charge < -0.3 is 19.5 Å². The van der Waals surface area contributed by atoms with Gasteiger partial charge in [-0.15, -0.1) is 0 Å². The summed E-state index contributed by atoms with van der Waals surface area (Å²) in [5.41, 5.74) is 0.759. The Kier molecular flexibility index (Phi) is 4.87. The average molecular weight is 319 g/mol. The van der Waals surface area contributed by atoms with Gasteiger partial charge in [0, 0.05) is 12.1 Å². The third-order valence-electron chi connectivity index (χ3n) is 5.32. The maximum Gasteiger partial charge on any atom is 0.316 e. The highest BCUT2D eigenvalue weighted by molar-refractivity contribution is 5.78. The summed E-state index contributed by atoms with van der Waals surface area (Å²) in [5, 5.41) is 9.62. The van der Waals surface area contributed by atoms with Crippen LogP contribution in [0.4, 0.5) is 0 Å². The quantitative estimate of drug-likeness (QED) is 0.841. The van der Waals surface area contributed by atoms with E-state index >= 15 is 0 Å². The number of piperidine rings is 1. The van der Waals surface area contributed by atoms with Crippen LogP contribution in [0.25, 0.3) is 0 Å². The second-order valence-corrected chi connectivity index (χ2v) is 6.59. The van der Waals surface area contributed by atoms with Crippen LogP contribution in [-0.2, 0) is 9.53 Å². The fraction of sp³-hybridized carbons (Fsp3) is 0.611. The topological polar surface area (TPSA) is 59.0 Å². The molecule has 5 nitrogen and oxygen atoms in total. The molecule has 2 aliphatic heterocycles. The molecule has 2 fully saturated rings. The van der Waals surface area contributed by atoms with Gasteiger partial charge in [-0.1, -0.05) is 12.1 Å². The van der Waals surface area contributed by atoms with Crippen molar-refractivity contribution in [3.05, 3.63) is 29.8 Å². The first-order chi connectivity index (χ1) is 11.1. The Hall–Kier alpha value is -1.59. The zero-order valence-corrected chi connectivity index (χ0v) is 13.8. The number of methoxy groups -OCH3 is 1. The molecule has 0 saturated carbocycles. The van der Waals surface area contributed by atoms with Crippen LogP contribution in [0.5, 0.6) is 5.75 Å². The van der Waals surface area contributed by atoms with Gasteiger partial charge in [-0.25, -0.2) is 0 Å². The number of fused-ring (bicyclic) bond motifs is 2. The molecule has 2 bridgehead atoms. The normalized spacial score (nSPS) is 28.4. The Bertz CT molecular complexity index is 530. The van der Waals surface area contributed by atoms with Gasteiger partial charge in [0.2, 0.25) is 0 Å². The van der Waals surface area contributed by atoms with Crippen molar-refractivity contribution in [2.24, 2.45) is 0 Å². The van der Waals surface area contributed by atoms with Crippen molar-refractivity contribution in [1.29, 1.82) is 0 Å². The summed E-state index contributed by atoms with van der Waals surface area (Å²) in [5.74, 6) is -0.226. The molecule has 1 N–H and O–H groups in total. The van der Waals surface area contributed by atoms with Gasteiger partial charge in [0.15, 0.2) is 0 Å². The first-order valence-electron chi connectivity index (χ1n) is 8.29. The highest BCUT2D eigenvalue weighted by atomic mass is 16.5. The molecule has 0 aliphatic carbocycles. The third-order valence-corrected chi connectivity index (χ3v) is 5.32. The van der Waals surface area contributed by atoms with Gasteiger partial charge in [-0.05, 0) is 50.4 Å². The summed E-state index contributed by atoms with van der Waals surface area (Å²) in [6, 6.07) is 8.25. The maximum atomic E-state index is 12.5. The van der Waals surface area contributed by atoms with Crippen LogP contribution in [0, 0.1) is 0 Å². The molecule has 23 heavy (non-hydrogen) atoms. The minimum atomic E-state index is -0.627. The molecule has 1 aromatic rings. The second-order valence-electron chi connectivity index (χ2n) is 6.59. The number of ether oxygens (including phenoxy) is 2. The molecular weight excluding hydrogens is 294 g/mol. The van der Waals surface area contributed by atoms with Crippen LogP contribution < -0.4 is 4.74 Å². The number of carbonyl (C=O) groups is 1. The molecule has 2 heterocycles. The average Bonchev–Trinajstić information content (AvgIpc) is 2.77. The Morgan fingerprint density at radius 2 is 1.87 bits per heavy atom. The summed E-state index contributed by atoms with van der Waals surface area (Å²) in [4.78, 5) is 14.9. The lowest BCUT2D eigenvalue weighted by atomic mass is 9.98. The molecule has 0 amide bonds. The van der Waals surface area contributed by atoms with Crippen LogP contribution in [0.15, 0.2) is 24.3 Å². The number of esters is 1. The fourth-order valence-corrected chi connectivity index (χ4v) is 3.86. The van der Waals surface area contributed by atoms with Gasteiger partial charge in [0.25, 0.3) is 0 Å². The molecule has 2 saturated heterocycles. The highest BCUT2D eigenvalue weighted by Gasteiger charge is 2.40. The lowest BCUT2D eigenvalue weighted by molar-refractivity contribution is -0.155. The summed E-state index contributed by atoms with van der Waals surface area (Å²) < 4.78 is 10.8. The molecule has 0 spiro atoms. The van der Waals surface area contributed by atoms with Crippen LogP contribution in [0.2, 0.25) is 0 Å². The Morgan fingerprint density at radius 3 is 2.39 bits per heavy atom. The number of carbonyl (C=O) groups excluding carboxylic acids is 1. The SMILES string of the molecule is COc1ccc(C(CO)C(=O)OC2C[C@H]3CC[C@@H](C2)N3C)cc1. The second kappa shape index (κ2) is 6.89. The van der Waals surface area contributed by atoms with Crippen molar-refractivity contribution < 1.29 is 19.4 Å². The van der Waals surface area contributed by atoms with Crippen LogP contribution in [-0.4, -0.2) is 54.9 Å². The molecule has 2 unspecified atom stereocenters. The van der Waals surface area contributed by atoms with Crippen molar-refractivity contribution in [3.8, 4) is 5.75 Å². The van der Waals surface area contributed by atoms with E-state index in [0.717, 1.165) is 24.2 Å². The molecule has 5 heteroatoms. The molecule has 2 aliphatic rings. The number of nitrogens with zero attached hydrogens (tertiary/aromatic N) is 1. The number of hydrogen-bond acceptors (Lipinski definition) is 5. The lowest BCUT2D eigenvalue weighted by Crippen LogP contribution is -2.43. The summed E-state index contributed by atoms with van der Waals surface area (Å²) in [6.45, 7) is -0.245. The van der Waals surface area contributed by atoms with E-state index in [4.69, 9.17) is 9.47 Å². The number of hydrogen-bond donors (Lipinski definition) is 1. The number of aliphatic hydroxyl groups is 1. The van der Waals surface area contributed by atoms with E-state index in [9.17, 15) is 9.90 Å². The zero-order chi connectivity index (χ0) is 16.4. The predicted molar refractivity (Wildman–Crippen MR) is 86.5 cm³/mol. The Morgan fingerprint density at radius 1 is 1.26 bits per heavy atom.